The number of anilines is 1. The van der Waals surface area contributed by atoms with Crippen LogP contribution in [0.25, 0.3) is 0 Å². The molecule has 0 bridgehead atoms. The number of hydrogen-bond acceptors (Lipinski definition) is 2. The summed E-state index contributed by atoms with van der Waals surface area (Å²) < 4.78 is 13.6. The molecule has 1 heterocycles. The second-order valence-electron chi connectivity index (χ2n) is 3.31. The number of unbranched alkanes of at least 4 members (excludes halogenated alkanes) is 2. The molecule has 1 aromatic heterocycles. The first-order valence-electron chi connectivity index (χ1n) is 5.19. The van der Waals surface area contributed by atoms with Crippen molar-refractivity contribution < 1.29 is 4.39 Å². The fraction of sp³-hybridized carbons (Fsp3) is 0.700. The Hall–Kier alpha value is -0.770. The van der Waals surface area contributed by atoms with Gasteiger partial charge in [0.25, 0.3) is 0 Å². The lowest BCUT2D eigenvalue weighted by atomic mass is 10.2. The highest BCUT2D eigenvalue weighted by molar-refractivity contribution is 5.85. The molecule has 0 aliphatic carbocycles. The van der Waals surface area contributed by atoms with Gasteiger partial charge in [0.05, 0.1) is 18.4 Å². The zero-order valence-corrected chi connectivity index (χ0v) is 9.89. The second-order valence-corrected chi connectivity index (χ2v) is 3.31. The molecule has 15 heavy (non-hydrogen) atoms. The first kappa shape index (κ1) is 14.2. The van der Waals surface area contributed by atoms with E-state index in [4.69, 9.17) is 0 Å². The van der Waals surface area contributed by atoms with Crippen LogP contribution in [0.5, 0.6) is 0 Å². The van der Waals surface area contributed by atoms with Gasteiger partial charge in [-0.15, -0.1) is 12.4 Å². The molecule has 0 aliphatic rings. The van der Waals surface area contributed by atoms with Crippen LogP contribution in [0.2, 0.25) is 0 Å². The topological polar surface area (TPSA) is 29.9 Å². The van der Waals surface area contributed by atoms with Crippen LogP contribution >= 0.6 is 12.4 Å². The van der Waals surface area contributed by atoms with Crippen LogP contribution in [-0.2, 0) is 6.54 Å². The summed E-state index contributed by atoms with van der Waals surface area (Å²) in [5.41, 5.74) is 0.981. The molecule has 0 aromatic carbocycles. The average molecular weight is 236 g/mol. The molecule has 0 aliphatic heterocycles. The molecule has 0 fully saturated rings. The van der Waals surface area contributed by atoms with Crippen LogP contribution < -0.4 is 5.32 Å². The van der Waals surface area contributed by atoms with Gasteiger partial charge in [0.2, 0.25) is 0 Å². The van der Waals surface area contributed by atoms with Crippen molar-refractivity contribution in [3.8, 4) is 0 Å². The van der Waals surface area contributed by atoms with Crippen LogP contribution in [0, 0.1) is 0 Å². The Labute approximate surface area is 96.5 Å². The molecule has 0 amide bonds. The van der Waals surface area contributed by atoms with E-state index in [-0.39, 0.29) is 19.1 Å². The maximum absolute atomic E-state index is 12.0. The van der Waals surface area contributed by atoms with E-state index in [0.29, 0.717) is 6.54 Å². The predicted octanol–water partition coefficient (Wildman–Crippen LogP) is 2.88. The first-order chi connectivity index (χ1) is 6.86. The summed E-state index contributed by atoms with van der Waals surface area (Å²) in [6, 6.07) is 0. The third kappa shape index (κ3) is 5.62. The number of aromatic nitrogens is 2. The lowest BCUT2D eigenvalue weighted by Gasteiger charge is -2.01. The normalized spacial score (nSPS) is 9.73. The largest absolute Gasteiger partial charge is 0.383 e. The van der Waals surface area contributed by atoms with Crippen molar-refractivity contribution in [2.45, 2.75) is 32.7 Å². The summed E-state index contributed by atoms with van der Waals surface area (Å²) in [5, 5.41) is 7.27. The lowest BCUT2D eigenvalue weighted by Crippen LogP contribution is -2.01. The fourth-order valence-electron chi connectivity index (χ4n) is 1.27. The highest BCUT2D eigenvalue weighted by Crippen LogP contribution is 2.05. The van der Waals surface area contributed by atoms with E-state index in [1.165, 1.54) is 19.3 Å². The zero-order chi connectivity index (χ0) is 10.2. The number of hydrogen-bond donors (Lipinski definition) is 1. The van der Waals surface area contributed by atoms with E-state index >= 15 is 0 Å². The molecule has 0 atom stereocenters. The molecular weight excluding hydrogens is 217 g/mol. The quantitative estimate of drug-likeness (QED) is 0.737. The summed E-state index contributed by atoms with van der Waals surface area (Å²) >= 11 is 0. The van der Waals surface area contributed by atoms with Gasteiger partial charge < -0.3 is 5.32 Å². The number of rotatable bonds is 7. The lowest BCUT2D eigenvalue weighted by molar-refractivity contribution is 0.427. The highest BCUT2D eigenvalue weighted by Gasteiger charge is 1.96. The third-order valence-electron chi connectivity index (χ3n) is 2.06. The predicted molar refractivity (Wildman–Crippen MR) is 63.5 cm³/mol. The molecule has 0 saturated heterocycles. The van der Waals surface area contributed by atoms with Gasteiger partial charge in [-0.3, -0.25) is 4.68 Å². The van der Waals surface area contributed by atoms with Gasteiger partial charge in [-0.25, -0.2) is 4.39 Å². The molecule has 88 valence electrons. The molecule has 1 aromatic rings. The van der Waals surface area contributed by atoms with Crippen LogP contribution in [0.1, 0.15) is 26.2 Å². The minimum Gasteiger partial charge on any atom is -0.383 e. The summed E-state index contributed by atoms with van der Waals surface area (Å²) in [4.78, 5) is 0. The Morgan fingerprint density at radius 1 is 1.47 bits per heavy atom. The minimum atomic E-state index is -0.364. The summed E-state index contributed by atoms with van der Waals surface area (Å²) in [6.07, 6.45) is 7.21. The Morgan fingerprint density at radius 3 is 2.93 bits per heavy atom. The van der Waals surface area contributed by atoms with Gasteiger partial charge in [0.1, 0.15) is 6.67 Å². The summed E-state index contributed by atoms with van der Waals surface area (Å²) in [5.74, 6) is 0. The van der Waals surface area contributed by atoms with Crippen molar-refractivity contribution in [2.24, 2.45) is 0 Å². The Kier molecular flexibility index (Phi) is 8.09. The van der Waals surface area contributed by atoms with Crippen molar-refractivity contribution in [2.75, 3.05) is 18.5 Å². The maximum Gasteiger partial charge on any atom is 0.109 e. The fourth-order valence-corrected chi connectivity index (χ4v) is 1.27. The van der Waals surface area contributed by atoms with E-state index < -0.39 is 0 Å². The zero-order valence-electron chi connectivity index (χ0n) is 9.08. The monoisotopic (exact) mass is 235 g/mol. The molecule has 1 rings (SSSR count). The summed E-state index contributed by atoms with van der Waals surface area (Å²) in [6.45, 7) is 3.13. The van der Waals surface area contributed by atoms with Gasteiger partial charge in [0, 0.05) is 12.7 Å². The van der Waals surface area contributed by atoms with Crippen LogP contribution in [0.15, 0.2) is 12.4 Å². The molecule has 0 saturated carbocycles. The second kappa shape index (κ2) is 8.53. The molecular formula is C10H19ClFN3. The highest BCUT2D eigenvalue weighted by atomic mass is 35.5. The van der Waals surface area contributed by atoms with Gasteiger partial charge in [-0.05, 0) is 6.42 Å². The number of halogens is 2. The van der Waals surface area contributed by atoms with E-state index in [0.717, 1.165) is 12.2 Å². The minimum absolute atomic E-state index is 0. The van der Waals surface area contributed by atoms with Crippen LogP contribution in [0.4, 0.5) is 10.1 Å². The van der Waals surface area contributed by atoms with E-state index in [1.54, 1.807) is 10.9 Å². The van der Waals surface area contributed by atoms with Crippen LogP contribution in [0.3, 0.4) is 0 Å². The van der Waals surface area contributed by atoms with E-state index in [2.05, 4.69) is 17.3 Å². The van der Waals surface area contributed by atoms with Crippen molar-refractivity contribution in [1.29, 1.82) is 0 Å². The standard InChI is InChI=1S/C10H18FN3.ClH/c1-2-3-4-6-12-10-8-13-14(9-10)7-5-11;/h8-9,12H,2-7H2,1H3;1H. The molecule has 3 nitrogen and oxygen atoms in total. The van der Waals surface area contributed by atoms with Crippen LogP contribution in [-0.4, -0.2) is 23.0 Å². The average Bonchev–Trinajstić information content (AvgIpc) is 2.61. The Balaban J connectivity index is 0.00000196. The van der Waals surface area contributed by atoms with Crippen molar-refractivity contribution in [3.05, 3.63) is 12.4 Å². The molecule has 0 spiro atoms. The van der Waals surface area contributed by atoms with Gasteiger partial charge >= 0.3 is 0 Å². The molecule has 0 radical (unpaired) electrons. The number of aryl methyl sites for hydroxylation is 1. The SMILES string of the molecule is CCCCCNc1cnn(CCF)c1.Cl. The van der Waals surface area contributed by atoms with Gasteiger partial charge in [0.15, 0.2) is 0 Å². The Bertz CT molecular complexity index is 253. The Morgan fingerprint density at radius 2 is 2.27 bits per heavy atom. The third-order valence-corrected chi connectivity index (χ3v) is 2.06. The maximum atomic E-state index is 12.0. The summed E-state index contributed by atoms with van der Waals surface area (Å²) in [7, 11) is 0. The molecule has 0 unspecified atom stereocenters. The molecule has 1 N–H and O–H groups in total. The molecule has 5 heteroatoms. The smallest absolute Gasteiger partial charge is 0.109 e. The van der Waals surface area contributed by atoms with E-state index in [1.807, 2.05) is 6.20 Å². The van der Waals surface area contributed by atoms with Gasteiger partial charge in [-0.1, -0.05) is 19.8 Å². The van der Waals surface area contributed by atoms with Crippen molar-refractivity contribution in [1.82, 2.24) is 9.78 Å². The van der Waals surface area contributed by atoms with Crippen molar-refractivity contribution >= 4 is 18.1 Å². The van der Waals surface area contributed by atoms with Gasteiger partial charge in [-0.2, -0.15) is 5.10 Å². The number of nitrogens with one attached hydrogen (secondary N) is 1. The number of alkyl halides is 1. The van der Waals surface area contributed by atoms with E-state index in [9.17, 15) is 4.39 Å². The number of nitrogens with zero attached hydrogens (tertiary/aromatic N) is 2. The first-order valence-corrected chi connectivity index (χ1v) is 5.19. The van der Waals surface area contributed by atoms with Crippen molar-refractivity contribution in [3.63, 3.8) is 0 Å².